The number of hydrogen-bond donors (Lipinski definition) is 2. The molecule has 0 bridgehead atoms. The molecule has 0 rings (SSSR count). The maximum atomic E-state index is 9.55. The predicted molar refractivity (Wildman–Crippen MR) is 41.8 cm³/mol. The second-order valence-electron chi connectivity index (χ2n) is 2.60. The summed E-state index contributed by atoms with van der Waals surface area (Å²) < 4.78 is 0. The van der Waals surface area contributed by atoms with Gasteiger partial charge in [0.1, 0.15) is 0 Å². The molecule has 0 amide bonds. The van der Waals surface area contributed by atoms with E-state index in [0.29, 0.717) is 12.0 Å². The molecule has 0 aliphatic carbocycles. The number of aliphatic hydroxyl groups excluding tert-OH is 1. The summed E-state index contributed by atoms with van der Waals surface area (Å²) in [4.78, 5) is 0. The van der Waals surface area contributed by atoms with Gasteiger partial charge in [-0.25, -0.2) is 0 Å². The van der Waals surface area contributed by atoms with Crippen LogP contribution in [0.2, 0.25) is 0 Å². The zero-order valence-electron chi connectivity index (χ0n) is 6.89. The highest BCUT2D eigenvalue weighted by Gasteiger charge is 2.21. The summed E-state index contributed by atoms with van der Waals surface area (Å²) in [6.07, 6.45) is 2.39. The van der Waals surface area contributed by atoms with Crippen molar-refractivity contribution in [2.45, 2.75) is 32.8 Å². The molecule has 0 fully saturated rings. The van der Waals surface area contributed by atoms with Gasteiger partial charge in [0.05, 0.1) is 12.2 Å². The van der Waals surface area contributed by atoms with Crippen LogP contribution >= 0.6 is 0 Å². The number of allylic oxidation sites excluding steroid dienone is 1. The second-order valence-corrected chi connectivity index (χ2v) is 2.60. The van der Waals surface area contributed by atoms with Gasteiger partial charge in [-0.15, -0.1) is 0 Å². The lowest BCUT2D eigenvalue weighted by molar-refractivity contribution is 0.0809. The third-order valence-corrected chi connectivity index (χ3v) is 1.90. The van der Waals surface area contributed by atoms with Crippen LogP contribution < -0.4 is 0 Å². The van der Waals surface area contributed by atoms with Gasteiger partial charge in [-0.1, -0.05) is 13.0 Å². The maximum Gasteiger partial charge on any atom is 0.0848 e. The van der Waals surface area contributed by atoms with E-state index in [9.17, 15) is 5.11 Å². The Morgan fingerprint density at radius 1 is 1.60 bits per heavy atom. The molecule has 2 nitrogen and oxygen atoms in total. The molecule has 2 N–H and O–H groups in total. The van der Waals surface area contributed by atoms with Crippen LogP contribution in [0, 0.1) is 0 Å². The minimum atomic E-state index is -0.830. The Morgan fingerprint density at radius 2 is 2.10 bits per heavy atom. The first-order chi connectivity index (χ1) is 4.58. The van der Waals surface area contributed by atoms with E-state index in [2.05, 4.69) is 0 Å². The van der Waals surface area contributed by atoms with Gasteiger partial charge >= 0.3 is 0 Å². The molecule has 0 spiro atoms. The Morgan fingerprint density at radius 3 is 2.20 bits per heavy atom. The molecule has 0 aliphatic rings. The molecule has 2 heteroatoms. The van der Waals surface area contributed by atoms with Crippen molar-refractivity contribution in [1.29, 1.82) is 0 Å². The Hall–Kier alpha value is -0.340. The average Bonchev–Trinajstić information content (AvgIpc) is 1.90. The highest BCUT2D eigenvalue weighted by Crippen LogP contribution is 2.18. The lowest BCUT2D eigenvalue weighted by atomic mass is 9.93. The molecule has 0 saturated heterocycles. The summed E-state index contributed by atoms with van der Waals surface area (Å²) in [6, 6.07) is 0. The molecule has 0 aliphatic heterocycles. The van der Waals surface area contributed by atoms with Gasteiger partial charge in [-0.05, 0) is 25.8 Å². The summed E-state index contributed by atoms with van der Waals surface area (Å²) in [5, 5.41) is 18.3. The molecule has 1 atom stereocenters. The van der Waals surface area contributed by atoms with Crippen molar-refractivity contribution >= 4 is 0 Å². The molecule has 0 saturated carbocycles. The summed E-state index contributed by atoms with van der Waals surface area (Å²) in [7, 11) is 0. The van der Waals surface area contributed by atoms with Crippen LogP contribution in [-0.2, 0) is 0 Å². The van der Waals surface area contributed by atoms with Gasteiger partial charge in [0.2, 0.25) is 0 Å². The van der Waals surface area contributed by atoms with Gasteiger partial charge < -0.3 is 10.2 Å². The number of hydrogen-bond acceptors (Lipinski definition) is 2. The zero-order valence-corrected chi connectivity index (χ0v) is 6.89. The lowest BCUT2D eigenvalue weighted by Gasteiger charge is -2.23. The van der Waals surface area contributed by atoms with E-state index < -0.39 is 5.60 Å². The third-order valence-electron chi connectivity index (χ3n) is 1.90. The van der Waals surface area contributed by atoms with E-state index in [1.165, 1.54) is 0 Å². The van der Waals surface area contributed by atoms with Crippen molar-refractivity contribution in [1.82, 2.24) is 0 Å². The van der Waals surface area contributed by atoms with Crippen LogP contribution in [0.15, 0.2) is 11.6 Å². The fourth-order valence-corrected chi connectivity index (χ4v) is 0.800. The van der Waals surface area contributed by atoms with Crippen LogP contribution in [0.3, 0.4) is 0 Å². The normalized spacial score (nSPS) is 18.7. The van der Waals surface area contributed by atoms with Crippen LogP contribution in [-0.4, -0.2) is 22.4 Å². The van der Waals surface area contributed by atoms with Crippen molar-refractivity contribution in [3.63, 3.8) is 0 Å². The maximum absolute atomic E-state index is 9.55. The van der Waals surface area contributed by atoms with Gasteiger partial charge in [0.25, 0.3) is 0 Å². The fourth-order valence-electron chi connectivity index (χ4n) is 0.800. The Kier molecular flexibility index (Phi) is 3.61. The Labute approximate surface area is 62.2 Å². The van der Waals surface area contributed by atoms with Crippen LogP contribution in [0.5, 0.6) is 0 Å². The molecule has 0 aromatic rings. The molecule has 60 valence electrons. The van der Waals surface area contributed by atoms with Gasteiger partial charge in [0, 0.05) is 0 Å². The molecule has 0 heterocycles. The van der Waals surface area contributed by atoms with Gasteiger partial charge in [-0.3, -0.25) is 0 Å². The molecular formula is C8H16O2. The van der Waals surface area contributed by atoms with E-state index in [-0.39, 0.29) is 6.61 Å². The second kappa shape index (κ2) is 3.74. The van der Waals surface area contributed by atoms with E-state index in [1.807, 2.05) is 13.8 Å². The summed E-state index contributed by atoms with van der Waals surface area (Å²) in [5.74, 6) is 0. The van der Waals surface area contributed by atoms with Crippen molar-refractivity contribution in [3.05, 3.63) is 11.6 Å². The van der Waals surface area contributed by atoms with Crippen molar-refractivity contribution in [2.75, 3.05) is 6.61 Å². The van der Waals surface area contributed by atoms with Crippen LogP contribution in [0.25, 0.3) is 0 Å². The fraction of sp³-hybridized carbons (Fsp3) is 0.750. The first kappa shape index (κ1) is 9.66. The van der Waals surface area contributed by atoms with Gasteiger partial charge in [-0.2, -0.15) is 0 Å². The average molecular weight is 144 g/mol. The van der Waals surface area contributed by atoms with E-state index in [0.717, 1.165) is 0 Å². The summed E-state index contributed by atoms with van der Waals surface area (Å²) in [6.45, 7) is 5.35. The SMILES string of the molecule is CC=C(CO)C(C)(O)CC. The number of rotatable bonds is 3. The molecule has 0 aromatic carbocycles. The smallest absolute Gasteiger partial charge is 0.0848 e. The topological polar surface area (TPSA) is 40.5 Å². The van der Waals surface area contributed by atoms with E-state index >= 15 is 0 Å². The quantitative estimate of drug-likeness (QED) is 0.582. The Bertz CT molecular complexity index is 125. The van der Waals surface area contributed by atoms with E-state index in [1.54, 1.807) is 13.0 Å². The summed E-state index contributed by atoms with van der Waals surface area (Å²) in [5.41, 5.74) is -0.140. The zero-order chi connectivity index (χ0) is 8.20. The number of aliphatic hydroxyl groups is 2. The van der Waals surface area contributed by atoms with Crippen molar-refractivity contribution in [3.8, 4) is 0 Å². The third kappa shape index (κ3) is 2.12. The highest BCUT2D eigenvalue weighted by molar-refractivity contribution is 5.13. The molecular weight excluding hydrogens is 128 g/mol. The monoisotopic (exact) mass is 144 g/mol. The predicted octanol–water partition coefficient (Wildman–Crippen LogP) is 1.09. The largest absolute Gasteiger partial charge is 0.392 e. The molecule has 0 aromatic heterocycles. The van der Waals surface area contributed by atoms with E-state index in [4.69, 9.17) is 5.11 Å². The highest BCUT2D eigenvalue weighted by atomic mass is 16.3. The molecule has 1 unspecified atom stereocenters. The Balaban J connectivity index is 4.28. The first-order valence-electron chi connectivity index (χ1n) is 3.57. The van der Waals surface area contributed by atoms with Crippen molar-refractivity contribution < 1.29 is 10.2 Å². The molecule has 0 radical (unpaired) electrons. The first-order valence-corrected chi connectivity index (χ1v) is 3.57. The summed E-state index contributed by atoms with van der Waals surface area (Å²) >= 11 is 0. The van der Waals surface area contributed by atoms with Crippen LogP contribution in [0.1, 0.15) is 27.2 Å². The molecule has 10 heavy (non-hydrogen) atoms. The van der Waals surface area contributed by atoms with Gasteiger partial charge in [0.15, 0.2) is 0 Å². The van der Waals surface area contributed by atoms with Crippen LogP contribution in [0.4, 0.5) is 0 Å². The minimum absolute atomic E-state index is 0.0582. The van der Waals surface area contributed by atoms with Crippen molar-refractivity contribution in [2.24, 2.45) is 0 Å². The minimum Gasteiger partial charge on any atom is -0.392 e. The lowest BCUT2D eigenvalue weighted by Crippen LogP contribution is -2.27. The standard InChI is InChI=1S/C8H16O2/c1-4-7(6-9)8(3,10)5-2/h4,9-10H,5-6H2,1-3H3.